The minimum Gasteiger partial charge on any atom is -0.309 e. The summed E-state index contributed by atoms with van der Waals surface area (Å²) < 4.78 is 4.99. The summed E-state index contributed by atoms with van der Waals surface area (Å²) in [6.07, 6.45) is 0. The van der Waals surface area contributed by atoms with Gasteiger partial charge in [0.2, 0.25) is 0 Å². The van der Waals surface area contributed by atoms with Gasteiger partial charge >= 0.3 is 0 Å². The van der Waals surface area contributed by atoms with E-state index in [1.807, 2.05) is 29.5 Å². The van der Waals surface area contributed by atoms with Crippen LogP contribution >= 0.6 is 11.3 Å². The highest BCUT2D eigenvalue weighted by Crippen LogP contribution is 2.41. The molecule has 0 unspecified atom stereocenters. The van der Waals surface area contributed by atoms with Gasteiger partial charge in [-0.2, -0.15) is 0 Å². The molecule has 9 aromatic carbocycles. The van der Waals surface area contributed by atoms with E-state index >= 15 is 0 Å². The van der Waals surface area contributed by atoms with Crippen molar-refractivity contribution in [2.24, 2.45) is 0 Å². The van der Waals surface area contributed by atoms with Crippen LogP contribution in [0, 0.1) is 0 Å². The van der Waals surface area contributed by atoms with Crippen LogP contribution in [0.4, 0.5) is 0 Å². The minimum absolute atomic E-state index is 0.612. The number of para-hydroxylation sites is 2. The van der Waals surface area contributed by atoms with Crippen LogP contribution in [-0.4, -0.2) is 19.5 Å². The third kappa shape index (κ3) is 6.18. The number of rotatable bonds is 7. The Balaban J connectivity index is 1.02. The first-order chi connectivity index (χ1) is 30.7. The average Bonchev–Trinajstić information content (AvgIpc) is 3.90. The zero-order chi connectivity index (χ0) is 41.0. The van der Waals surface area contributed by atoms with E-state index < -0.39 is 0 Å². The van der Waals surface area contributed by atoms with Crippen molar-refractivity contribution >= 4 is 53.3 Å². The fourth-order valence-electron chi connectivity index (χ4n) is 8.88. The van der Waals surface area contributed by atoms with Gasteiger partial charge in [0.1, 0.15) is 0 Å². The third-order valence-corrected chi connectivity index (χ3v) is 13.1. The number of hydrogen-bond donors (Lipinski definition) is 0. The maximum absolute atomic E-state index is 5.25. The number of fused-ring (bicyclic) bond motifs is 6. The highest BCUT2D eigenvalue weighted by Gasteiger charge is 2.19. The van der Waals surface area contributed by atoms with Gasteiger partial charge in [-0.25, -0.2) is 15.0 Å². The predicted molar refractivity (Wildman–Crippen MR) is 260 cm³/mol. The van der Waals surface area contributed by atoms with Gasteiger partial charge in [-0.05, 0) is 52.1 Å². The van der Waals surface area contributed by atoms with Gasteiger partial charge in [0.05, 0.1) is 16.7 Å². The van der Waals surface area contributed by atoms with Gasteiger partial charge < -0.3 is 4.57 Å². The first-order valence-corrected chi connectivity index (χ1v) is 21.7. The average molecular weight is 809 g/mol. The van der Waals surface area contributed by atoms with Gasteiger partial charge in [0.15, 0.2) is 17.5 Å². The molecule has 0 bridgehead atoms. The molecule has 5 heteroatoms. The molecule has 0 atom stereocenters. The summed E-state index contributed by atoms with van der Waals surface area (Å²) >= 11 is 1.85. The quantitative estimate of drug-likeness (QED) is 0.161. The highest BCUT2D eigenvalue weighted by atomic mass is 32.1. The van der Waals surface area contributed by atoms with Crippen LogP contribution in [0.1, 0.15) is 0 Å². The molecule has 0 fully saturated rings. The monoisotopic (exact) mass is 808 g/mol. The Hall–Kier alpha value is -7.99. The van der Waals surface area contributed by atoms with Crippen molar-refractivity contribution in [3.05, 3.63) is 218 Å². The lowest BCUT2D eigenvalue weighted by molar-refractivity contribution is 1.07. The van der Waals surface area contributed by atoms with E-state index in [1.165, 1.54) is 47.6 Å². The smallest absolute Gasteiger partial charge is 0.164 e. The van der Waals surface area contributed by atoms with Crippen molar-refractivity contribution in [3.63, 3.8) is 0 Å². The molecule has 0 aliphatic heterocycles. The summed E-state index contributed by atoms with van der Waals surface area (Å²) in [7, 11) is 0. The summed E-state index contributed by atoms with van der Waals surface area (Å²) in [5.74, 6) is 1.86. The third-order valence-electron chi connectivity index (χ3n) is 11.9. The zero-order valence-electron chi connectivity index (χ0n) is 33.5. The number of benzene rings is 9. The molecule has 0 N–H and O–H groups in total. The first kappa shape index (κ1) is 35.9. The van der Waals surface area contributed by atoms with Crippen molar-refractivity contribution in [3.8, 4) is 73.2 Å². The first-order valence-electron chi connectivity index (χ1n) is 20.8. The zero-order valence-corrected chi connectivity index (χ0v) is 34.3. The van der Waals surface area contributed by atoms with E-state index in [0.29, 0.717) is 17.5 Å². The maximum Gasteiger partial charge on any atom is 0.164 e. The summed E-state index contributed by atoms with van der Waals surface area (Å²) in [5.41, 5.74) is 13.1. The molecule has 62 heavy (non-hydrogen) atoms. The predicted octanol–water partition coefficient (Wildman–Crippen LogP) is 15.3. The van der Waals surface area contributed by atoms with E-state index in [0.717, 1.165) is 50.1 Å². The summed E-state index contributed by atoms with van der Waals surface area (Å²) in [4.78, 5) is 15.5. The molecule has 0 spiro atoms. The lowest BCUT2D eigenvalue weighted by Crippen LogP contribution is -2.02. The maximum atomic E-state index is 5.25. The number of aromatic nitrogens is 4. The fraction of sp³-hybridized carbons (Fsp3) is 0. The molecular formula is C57H36N4S. The van der Waals surface area contributed by atoms with Gasteiger partial charge in [-0.3, -0.25) is 0 Å². The van der Waals surface area contributed by atoms with E-state index in [-0.39, 0.29) is 0 Å². The van der Waals surface area contributed by atoms with Gasteiger partial charge in [-0.1, -0.05) is 194 Å². The molecular weight excluding hydrogens is 773 g/mol. The molecule has 290 valence electrons. The lowest BCUT2D eigenvalue weighted by Gasteiger charge is -2.17. The van der Waals surface area contributed by atoms with Crippen LogP contribution in [0.5, 0.6) is 0 Å². The van der Waals surface area contributed by atoms with Crippen LogP contribution in [0.15, 0.2) is 218 Å². The second-order valence-electron chi connectivity index (χ2n) is 15.6. The fourth-order valence-corrected chi connectivity index (χ4v) is 10.1. The van der Waals surface area contributed by atoms with E-state index in [4.69, 9.17) is 15.0 Å². The normalized spacial score (nSPS) is 11.5. The van der Waals surface area contributed by atoms with Crippen LogP contribution in [0.25, 0.3) is 115 Å². The van der Waals surface area contributed by atoms with E-state index in [9.17, 15) is 0 Å². The Kier molecular flexibility index (Phi) is 8.65. The highest BCUT2D eigenvalue weighted by molar-refractivity contribution is 7.26. The molecule has 4 nitrogen and oxygen atoms in total. The molecule has 0 saturated carbocycles. The molecule has 12 aromatic rings. The van der Waals surface area contributed by atoms with E-state index in [1.54, 1.807) is 0 Å². The van der Waals surface area contributed by atoms with Gasteiger partial charge in [0.25, 0.3) is 0 Å². The van der Waals surface area contributed by atoms with Gasteiger partial charge in [0, 0.05) is 53.2 Å². The molecule has 3 aromatic heterocycles. The van der Waals surface area contributed by atoms with Crippen molar-refractivity contribution < 1.29 is 0 Å². The Morgan fingerprint density at radius 1 is 0.306 bits per heavy atom. The van der Waals surface area contributed by atoms with Crippen LogP contribution in [-0.2, 0) is 0 Å². The Bertz CT molecular complexity index is 3550. The SMILES string of the molecule is c1ccc(-c2ccc(-c3ccc(-c4nc(-c5ccccc5)nc(-c5ccc(-c6cccc7c6sc6ccccc67)cc5)n4)cc3-n3c4ccccc4c4ccccc43)cc2)cc1. The van der Waals surface area contributed by atoms with E-state index in [2.05, 4.69) is 205 Å². The van der Waals surface area contributed by atoms with Crippen molar-refractivity contribution in [2.75, 3.05) is 0 Å². The van der Waals surface area contributed by atoms with Crippen LogP contribution in [0.3, 0.4) is 0 Å². The molecule has 0 aliphatic rings. The van der Waals surface area contributed by atoms with Crippen LogP contribution < -0.4 is 0 Å². The molecule has 0 radical (unpaired) electrons. The standard InChI is InChI=1S/C57H36N4S/c1-3-14-37(15-4-1)38-26-28-39(29-27-38)44-35-34-43(36-52(44)61-50-23-10-7-18-46(50)47-19-8-11-24-51(47)61)57-59-55(41-16-5-2-6-17-41)58-56(60-57)42-32-30-40(31-33-42)45-21-13-22-49-48-20-9-12-25-53(48)62-54(45)49/h1-36H. The van der Waals surface area contributed by atoms with Gasteiger partial charge in [-0.15, -0.1) is 11.3 Å². The molecule has 0 amide bonds. The summed E-state index contributed by atoms with van der Waals surface area (Å²) in [6.45, 7) is 0. The topological polar surface area (TPSA) is 43.6 Å². The number of thiophene rings is 1. The molecule has 3 heterocycles. The minimum atomic E-state index is 0.612. The van der Waals surface area contributed by atoms with Crippen molar-refractivity contribution in [2.45, 2.75) is 0 Å². The lowest BCUT2D eigenvalue weighted by atomic mass is 9.97. The number of nitrogens with zero attached hydrogens (tertiary/aromatic N) is 4. The van der Waals surface area contributed by atoms with Crippen LogP contribution in [0.2, 0.25) is 0 Å². The molecule has 0 aliphatic carbocycles. The number of hydrogen-bond acceptors (Lipinski definition) is 4. The molecule has 12 rings (SSSR count). The second kappa shape index (κ2) is 14.9. The Morgan fingerprint density at radius 2 is 0.758 bits per heavy atom. The largest absolute Gasteiger partial charge is 0.309 e. The van der Waals surface area contributed by atoms with Crippen molar-refractivity contribution in [1.29, 1.82) is 0 Å². The van der Waals surface area contributed by atoms with Crippen molar-refractivity contribution in [1.82, 2.24) is 19.5 Å². The second-order valence-corrected chi connectivity index (χ2v) is 16.6. The Morgan fingerprint density at radius 3 is 1.42 bits per heavy atom. The summed E-state index contributed by atoms with van der Waals surface area (Å²) in [6, 6.07) is 77.5. The summed E-state index contributed by atoms with van der Waals surface area (Å²) in [5, 5.41) is 5.00. The Labute approximate surface area is 362 Å². The molecule has 0 saturated heterocycles.